The summed E-state index contributed by atoms with van der Waals surface area (Å²) in [5.74, 6) is -2.34. The monoisotopic (exact) mass is 777 g/mol. The molecule has 2 aromatic heterocycles. The maximum atomic E-state index is 14.6. The topological polar surface area (TPSA) is 189 Å². The number of amides is 4. The summed E-state index contributed by atoms with van der Waals surface area (Å²) in [6, 6.07) is 12.7. The Morgan fingerprint density at radius 1 is 1.04 bits per heavy atom. The van der Waals surface area contributed by atoms with Gasteiger partial charge in [0.05, 0.1) is 17.6 Å². The number of nitrogens with zero attached hydrogens (tertiary/aromatic N) is 4. The van der Waals surface area contributed by atoms with E-state index in [1.165, 1.54) is 25.1 Å². The molecular formula is C39H51N7O8S. The van der Waals surface area contributed by atoms with Crippen LogP contribution < -0.4 is 20.1 Å². The van der Waals surface area contributed by atoms with E-state index in [1.807, 2.05) is 54.1 Å². The second kappa shape index (κ2) is 15.2. The molecule has 0 spiro atoms. The Bertz CT molecular complexity index is 2100. The van der Waals surface area contributed by atoms with Gasteiger partial charge in [0.15, 0.2) is 5.65 Å². The molecule has 1 saturated carbocycles. The van der Waals surface area contributed by atoms with Crippen molar-refractivity contribution in [3.05, 3.63) is 66.9 Å². The lowest BCUT2D eigenvalue weighted by Crippen LogP contribution is -2.60. The van der Waals surface area contributed by atoms with Crippen LogP contribution in [-0.2, 0) is 29.3 Å². The first-order chi connectivity index (χ1) is 25.5. The van der Waals surface area contributed by atoms with E-state index < -0.39 is 74.7 Å². The molecule has 5 atom stereocenters. The Kier molecular flexibility index (Phi) is 11.4. The summed E-state index contributed by atoms with van der Waals surface area (Å²) < 4.78 is 40.2. The number of rotatable bonds is 11. The van der Waals surface area contributed by atoms with Gasteiger partial charge in [0, 0.05) is 43.8 Å². The normalized spacial score (nSPS) is 21.8. The number of hydrogen-bond donors (Lipinski definition) is 3. The highest BCUT2D eigenvalue weighted by Gasteiger charge is 2.61. The molecular weight excluding hydrogens is 727 g/mol. The van der Waals surface area contributed by atoms with Gasteiger partial charge in [-0.2, -0.15) is 12.7 Å². The van der Waals surface area contributed by atoms with E-state index in [0.717, 1.165) is 15.6 Å². The van der Waals surface area contributed by atoms with E-state index >= 15 is 0 Å². The van der Waals surface area contributed by atoms with E-state index in [4.69, 9.17) is 14.5 Å². The van der Waals surface area contributed by atoms with Crippen molar-refractivity contribution in [1.82, 2.24) is 34.5 Å². The Hall–Kier alpha value is -5.09. The molecule has 4 amide bonds. The third kappa shape index (κ3) is 9.24. The number of aromatic nitrogens is 2. The minimum atomic E-state index is -4.19. The summed E-state index contributed by atoms with van der Waals surface area (Å²) in [4.78, 5) is 66.3. The summed E-state index contributed by atoms with van der Waals surface area (Å²) >= 11 is 0. The summed E-state index contributed by atoms with van der Waals surface area (Å²) in [5.41, 5.74) is -0.647. The molecule has 1 saturated heterocycles. The SMILES string of the molecule is C=C[C@@H]1C[C@]1(NC(=O)[C@H]1C[C@@H](Oc2cc(-c3ccccc3)nc3nc(C)ccc23)CN1C(=O)[C@@H](NC(=O)OC(C)(C)C)C(C)(C)C)C(=O)NS(=O)(=O)N(C)C. The fourth-order valence-corrected chi connectivity index (χ4v) is 7.05. The number of hydrogen-bond acceptors (Lipinski definition) is 10. The van der Waals surface area contributed by atoms with Crippen LogP contribution in [0.1, 0.15) is 60.1 Å². The number of benzene rings is 1. The first kappa shape index (κ1) is 41.1. The minimum absolute atomic E-state index is 0.00288. The zero-order chi connectivity index (χ0) is 40.7. The quantitative estimate of drug-likeness (QED) is 0.241. The lowest BCUT2D eigenvalue weighted by atomic mass is 9.85. The Morgan fingerprint density at radius 3 is 2.29 bits per heavy atom. The van der Waals surface area contributed by atoms with Crippen molar-refractivity contribution in [3.63, 3.8) is 0 Å². The van der Waals surface area contributed by atoms with Crippen LogP contribution in [0.3, 0.4) is 0 Å². The maximum absolute atomic E-state index is 14.6. The van der Waals surface area contributed by atoms with Gasteiger partial charge in [-0.05, 0) is 51.7 Å². The number of carbonyl (C=O) groups is 4. The van der Waals surface area contributed by atoms with E-state index in [1.54, 1.807) is 47.6 Å². The molecule has 0 unspecified atom stereocenters. The largest absolute Gasteiger partial charge is 0.488 e. The average Bonchev–Trinajstić information content (AvgIpc) is 3.64. The second-order valence-corrected chi connectivity index (χ2v) is 18.2. The molecule has 1 aliphatic heterocycles. The predicted molar refractivity (Wildman–Crippen MR) is 207 cm³/mol. The molecule has 3 heterocycles. The molecule has 0 bridgehead atoms. The van der Waals surface area contributed by atoms with Crippen molar-refractivity contribution < 1.29 is 37.1 Å². The van der Waals surface area contributed by atoms with Gasteiger partial charge in [-0.25, -0.2) is 19.5 Å². The number of nitrogens with one attached hydrogen (secondary N) is 3. The van der Waals surface area contributed by atoms with Crippen molar-refractivity contribution in [2.75, 3.05) is 20.6 Å². The lowest BCUT2D eigenvalue weighted by molar-refractivity contribution is -0.143. The molecule has 15 nitrogen and oxygen atoms in total. The van der Waals surface area contributed by atoms with E-state index in [9.17, 15) is 27.6 Å². The summed E-state index contributed by atoms with van der Waals surface area (Å²) in [6.07, 6.45) is 0.0150. The summed E-state index contributed by atoms with van der Waals surface area (Å²) in [6.45, 7) is 16.0. The highest BCUT2D eigenvalue weighted by molar-refractivity contribution is 7.87. The Labute approximate surface area is 322 Å². The number of fused-ring (bicyclic) bond motifs is 1. The number of ether oxygens (including phenoxy) is 2. The molecule has 3 aromatic rings. The minimum Gasteiger partial charge on any atom is -0.488 e. The van der Waals surface area contributed by atoms with Crippen LogP contribution in [0.25, 0.3) is 22.3 Å². The van der Waals surface area contributed by atoms with Crippen LogP contribution >= 0.6 is 0 Å². The molecule has 3 N–H and O–H groups in total. The summed E-state index contributed by atoms with van der Waals surface area (Å²) in [7, 11) is -1.65. The first-order valence-corrected chi connectivity index (χ1v) is 19.5. The standard InChI is InChI=1S/C39H51N7O8S/c1-11-25-21-39(25,35(49)44-55(51,52)45(9)10)43-33(47)29-19-26(22-46(29)34(48)31(37(3,4)5)42-36(50)54-38(6,7)8)53-30-20-28(24-15-13-12-14-16-24)41-32-27(30)18-17-23(2)40-32/h11-18,20,25-26,29,31H,1,19,21-22H2,2-10H3,(H,42,50)(H,43,47)(H,44,49)/t25-,26-,29-,31-,39-/m1/s1. The molecule has 0 radical (unpaired) electrons. The van der Waals surface area contributed by atoms with Gasteiger partial charge >= 0.3 is 16.3 Å². The highest BCUT2D eigenvalue weighted by atomic mass is 32.2. The van der Waals surface area contributed by atoms with E-state index in [0.29, 0.717) is 22.5 Å². The third-order valence-corrected chi connectivity index (χ3v) is 10.9. The maximum Gasteiger partial charge on any atom is 0.408 e. The average molecular weight is 778 g/mol. The molecule has 296 valence electrons. The smallest absolute Gasteiger partial charge is 0.408 e. The van der Waals surface area contributed by atoms with Crippen molar-refractivity contribution in [1.29, 1.82) is 0 Å². The third-order valence-electron chi connectivity index (χ3n) is 9.51. The number of likely N-dealkylation sites (tertiary alicyclic amines) is 1. The molecule has 5 rings (SSSR count). The van der Waals surface area contributed by atoms with Crippen LogP contribution in [-0.4, -0.2) is 101 Å². The molecule has 1 aromatic carbocycles. The fraction of sp³-hybridized carbons (Fsp3) is 0.487. The fourth-order valence-electron chi connectivity index (χ4n) is 6.45. The molecule has 2 fully saturated rings. The van der Waals surface area contributed by atoms with Gasteiger partial charge in [-0.1, -0.05) is 57.2 Å². The molecule has 1 aliphatic carbocycles. The van der Waals surface area contributed by atoms with Gasteiger partial charge in [0.1, 0.15) is 35.1 Å². The summed E-state index contributed by atoms with van der Waals surface area (Å²) in [5, 5.41) is 6.11. The highest BCUT2D eigenvalue weighted by Crippen LogP contribution is 2.45. The van der Waals surface area contributed by atoms with Crippen LogP contribution in [0.15, 0.2) is 61.2 Å². The predicted octanol–water partition coefficient (Wildman–Crippen LogP) is 3.88. The zero-order valence-corrected chi connectivity index (χ0v) is 33.6. The zero-order valence-electron chi connectivity index (χ0n) is 32.8. The number of carbonyl (C=O) groups excluding carboxylic acids is 4. The van der Waals surface area contributed by atoms with Crippen molar-refractivity contribution in [2.24, 2.45) is 11.3 Å². The number of aryl methyl sites for hydroxylation is 1. The van der Waals surface area contributed by atoms with Gasteiger partial charge in [-0.15, -0.1) is 6.58 Å². The van der Waals surface area contributed by atoms with Gasteiger partial charge < -0.3 is 25.0 Å². The number of pyridine rings is 2. The van der Waals surface area contributed by atoms with Crippen LogP contribution in [0, 0.1) is 18.3 Å². The lowest BCUT2D eigenvalue weighted by Gasteiger charge is -2.36. The van der Waals surface area contributed by atoms with Gasteiger partial charge in [-0.3, -0.25) is 14.4 Å². The van der Waals surface area contributed by atoms with Crippen LogP contribution in [0.4, 0.5) is 4.79 Å². The molecule has 16 heteroatoms. The molecule has 2 aliphatic rings. The second-order valence-electron chi connectivity index (χ2n) is 16.3. The Morgan fingerprint density at radius 2 is 1.71 bits per heavy atom. The van der Waals surface area contributed by atoms with Gasteiger partial charge in [0.25, 0.3) is 5.91 Å². The molecule has 55 heavy (non-hydrogen) atoms. The van der Waals surface area contributed by atoms with Gasteiger partial charge in [0.2, 0.25) is 11.8 Å². The first-order valence-electron chi connectivity index (χ1n) is 18.0. The van der Waals surface area contributed by atoms with Crippen LogP contribution in [0.5, 0.6) is 5.75 Å². The van der Waals surface area contributed by atoms with Crippen molar-refractivity contribution >= 4 is 45.1 Å². The van der Waals surface area contributed by atoms with Crippen molar-refractivity contribution in [3.8, 4) is 17.0 Å². The van der Waals surface area contributed by atoms with E-state index in [-0.39, 0.29) is 19.4 Å². The van der Waals surface area contributed by atoms with E-state index in [2.05, 4.69) is 22.2 Å². The Balaban J connectivity index is 1.52. The number of alkyl carbamates (subject to hydrolysis) is 1. The van der Waals surface area contributed by atoms with Crippen molar-refractivity contribution in [2.45, 2.75) is 90.6 Å². The van der Waals surface area contributed by atoms with Crippen LogP contribution in [0.2, 0.25) is 0 Å².